The second kappa shape index (κ2) is 7.62. The summed E-state index contributed by atoms with van der Waals surface area (Å²) >= 11 is 0. The van der Waals surface area contributed by atoms with Gasteiger partial charge in [-0.1, -0.05) is 42.0 Å². The van der Waals surface area contributed by atoms with Gasteiger partial charge in [-0.2, -0.15) is 0 Å². The minimum absolute atomic E-state index is 0. The summed E-state index contributed by atoms with van der Waals surface area (Å²) in [5.74, 6) is 0.00561. The number of nitrogens with one attached hydrogen (secondary N) is 2. The van der Waals surface area contributed by atoms with Crippen LogP contribution in [0.15, 0.2) is 42.5 Å². The fourth-order valence-corrected chi connectivity index (χ4v) is 3.05. The van der Waals surface area contributed by atoms with E-state index >= 15 is 0 Å². The summed E-state index contributed by atoms with van der Waals surface area (Å²) in [7, 11) is 0. The van der Waals surface area contributed by atoms with Gasteiger partial charge in [-0.25, -0.2) is 0 Å². The van der Waals surface area contributed by atoms with Gasteiger partial charge < -0.3 is 10.6 Å². The first kappa shape index (κ1) is 17.5. The Labute approximate surface area is 143 Å². The van der Waals surface area contributed by atoms with Crippen LogP contribution in [0.25, 0.3) is 0 Å². The minimum Gasteiger partial charge on any atom is -0.350 e. The third-order valence-electron chi connectivity index (χ3n) is 4.32. The summed E-state index contributed by atoms with van der Waals surface area (Å²) in [5, 5.41) is 6.57. The largest absolute Gasteiger partial charge is 0.350 e. The molecule has 0 saturated heterocycles. The number of fused-ring (bicyclic) bond motifs is 1. The number of aryl methyl sites for hydroxylation is 2. The van der Waals surface area contributed by atoms with Gasteiger partial charge in [0.1, 0.15) is 0 Å². The zero-order valence-electron chi connectivity index (χ0n) is 13.6. The van der Waals surface area contributed by atoms with Crippen LogP contribution in [-0.2, 0) is 6.42 Å². The van der Waals surface area contributed by atoms with Crippen LogP contribution in [0.4, 0.5) is 0 Å². The van der Waals surface area contributed by atoms with Crippen molar-refractivity contribution in [1.82, 2.24) is 10.6 Å². The fraction of sp³-hybridized carbons (Fsp3) is 0.316. The van der Waals surface area contributed by atoms with E-state index in [1.54, 1.807) is 0 Å². The first-order valence-electron chi connectivity index (χ1n) is 7.82. The van der Waals surface area contributed by atoms with Gasteiger partial charge >= 0.3 is 0 Å². The number of carbonyl (C=O) groups is 1. The Balaban J connectivity index is 0.00000192. The molecule has 3 rings (SSSR count). The first-order chi connectivity index (χ1) is 10.6. The lowest BCUT2D eigenvalue weighted by atomic mass is 9.94. The van der Waals surface area contributed by atoms with Crippen LogP contribution in [0.3, 0.4) is 0 Å². The van der Waals surface area contributed by atoms with Crippen LogP contribution in [0.1, 0.15) is 38.7 Å². The van der Waals surface area contributed by atoms with Gasteiger partial charge in [0.2, 0.25) is 0 Å². The van der Waals surface area contributed by atoms with Crippen molar-refractivity contribution in [3.63, 3.8) is 0 Å². The molecule has 122 valence electrons. The predicted octanol–water partition coefficient (Wildman–Crippen LogP) is 3.34. The molecule has 0 fully saturated rings. The smallest absolute Gasteiger partial charge is 0.251 e. The standard InChI is InChI=1S/C19H22N2O.ClH/c1-13-7-8-14(2)17(11-13)19(22)21-12-18-16-6-4-3-5-15(16)9-10-20-18;/h3-8,11,18,20H,9-10,12H2,1-2H3,(H,21,22);1H. The van der Waals surface area contributed by atoms with Gasteiger partial charge in [-0.15, -0.1) is 12.4 Å². The molecule has 1 unspecified atom stereocenters. The second-order valence-electron chi connectivity index (χ2n) is 5.98. The van der Waals surface area contributed by atoms with E-state index in [-0.39, 0.29) is 24.4 Å². The normalized spacial score (nSPS) is 16.2. The average Bonchev–Trinajstić information content (AvgIpc) is 2.54. The Morgan fingerprint density at radius 3 is 2.83 bits per heavy atom. The van der Waals surface area contributed by atoms with Crippen LogP contribution >= 0.6 is 12.4 Å². The monoisotopic (exact) mass is 330 g/mol. The molecule has 0 spiro atoms. The Kier molecular flexibility index (Phi) is 5.80. The van der Waals surface area contributed by atoms with E-state index in [4.69, 9.17) is 0 Å². The fourth-order valence-electron chi connectivity index (χ4n) is 3.05. The van der Waals surface area contributed by atoms with Crippen molar-refractivity contribution in [2.45, 2.75) is 26.3 Å². The highest BCUT2D eigenvalue weighted by atomic mass is 35.5. The summed E-state index contributed by atoms with van der Waals surface area (Å²) in [4.78, 5) is 12.4. The number of benzene rings is 2. The number of rotatable bonds is 3. The van der Waals surface area contributed by atoms with Crippen LogP contribution in [-0.4, -0.2) is 19.0 Å². The highest BCUT2D eigenvalue weighted by molar-refractivity contribution is 5.95. The molecule has 1 heterocycles. The van der Waals surface area contributed by atoms with E-state index in [1.165, 1.54) is 11.1 Å². The Morgan fingerprint density at radius 2 is 2.00 bits per heavy atom. The molecule has 2 aromatic rings. The summed E-state index contributed by atoms with van der Waals surface area (Å²) in [5.41, 5.74) is 5.57. The molecule has 1 atom stereocenters. The molecule has 4 heteroatoms. The van der Waals surface area contributed by atoms with Gasteiger partial charge in [-0.05, 0) is 49.6 Å². The van der Waals surface area contributed by atoms with E-state index in [2.05, 4.69) is 34.9 Å². The van der Waals surface area contributed by atoms with Crippen molar-refractivity contribution < 1.29 is 4.79 Å². The van der Waals surface area contributed by atoms with Crippen LogP contribution < -0.4 is 10.6 Å². The van der Waals surface area contributed by atoms with Crippen molar-refractivity contribution in [2.24, 2.45) is 0 Å². The number of hydrogen-bond donors (Lipinski definition) is 2. The molecule has 0 aliphatic carbocycles. The zero-order valence-corrected chi connectivity index (χ0v) is 14.4. The lowest BCUT2D eigenvalue weighted by molar-refractivity contribution is 0.0948. The molecule has 1 aliphatic rings. The van der Waals surface area contributed by atoms with Crippen LogP contribution in [0, 0.1) is 13.8 Å². The maximum atomic E-state index is 12.4. The van der Waals surface area contributed by atoms with E-state index in [9.17, 15) is 4.79 Å². The summed E-state index contributed by atoms with van der Waals surface area (Å²) in [6, 6.07) is 14.6. The van der Waals surface area contributed by atoms with Crippen LogP contribution in [0.5, 0.6) is 0 Å². The first-order valence-corrected chi connectivity index (χ1v) is 7.82. The number of carbonyl (C=O) groups excluding carboxylic acids is 1. The second-order valence-corrected chi connectivity index (χ2v) is 5.98. The zero-order chi connectivity index (χ0) is 15.5. The van der Waals surface area contributed by atoms with Crippen LogP contribution in [0.2, 0.25) is 0 Å². The summed E-state index contributed by atoms with van der Waals surface area (Å²) < 4.78 is 0. The van der Waals surface area contributed by atoms with Crippen molar-refractivity contribution >= 4 is 18.3 Å². The Hall–Kier alpha value is -1.84. The molecule has 23 heavy (non-hydrogen) atoms. The van der Waals surface area contributed by atoms with Gasteiger partial charge in [-0.3, -0.25) is 4.79 Å². The van der Waals surface area contributed by atoms with Gasteiger partial charge in [0.15, 0.2) is 0 Å². The molecule has 0 aromatic heterocycles. The summed E-state index contributed by atoms with van der Waals surface area (Å²) in [6.45, 7) is 5.56. The lowest BCUT2D eigenvalue weighted by Crippen LogP contribution is -2.39. The quantitative estimate of drug-likeness (QED) is 0.906. The molecule has 0 radical (unpaired) electrons. The molecule has 3 nitrogen and oxygen atoms in total. The third kappa shape index (κ3) is 3.92. The number of amides is 1. The molecule has 0 saturated carbocycles. The minimum atomic E-state index is 0. The highest BCUT2D eigenvalue weighted by Gasteiger charge is 2.20. The SMILES string of the molecule is Cc1ccc(C)c(C(=O)NCC2NCCc3ccccc32)c1.Cl. The highest BCUT2D eigenvalue weighted by Crippen LogP contribution is 2.22. The van der Waals surface area contributed by atoms with Crippen molar-refractivity contribution in [1.29, 1.82) is 0 Å². The van der Waals surface area contributed by atoms with Crippen molar-refractivity contribution in [2.75, 3.05) is 13.1 Å². The predicted molar refractivity (Wildman–Crippen MR) is 96.4 cm³/mol. The maximum Gasteiger partial charge on any atom is 0.251 e. The van der Waals surface area contributed by atoms with E-state index in [1.807, 2.05) is 32.0 Å². The van der Waals surface area contributed by atoms with E-state index < -0.39 is 0 Å². The Morgan fingerprint density at radius 1 is 1.22 bits per heavy atom. The van der Waals surface area contributed by atoms with Gasteiger partial charge in [0.05, 0.1) is 0 Å². The molecule has 2 N–H and O–H groups in total. The number of halogens is 1. The lowest BCUT2D eigenvalue weighted by Gasteiger charge is -2.27. The van der Waals surface area contributed by atoms with Crippen molar-refractivity contribution in [3.05, 3.63) is 70.3 Å². The molecule has 1 aliphatic heterocycles. The number of hydrogen-bond acceptors (Lipinski definition) is 2. The summed E-state index contributed by atoms with van der Waals surface area (Å²) in [6.07, 6.45) is 1.05. The molecular weight excluding hydrogens is 308 g/mol. The van der Waals surface area contributed by atoms with Gasteiger partial charge in [0.25, 0.3) is 5.91 Å². The van der Waals surface area contributed by atoms with E-state index in [0.29, 0.717) is 6.54 Å². The maximum absolute atomic E-state index is 12.4. The molecule has 2 aromatic carbocycles. The topological polar surface area (TPSA) is 41.1 Å². The Bertz CT molecular complexity index is 700. The third-order valence-corrected chi connectivity index (χ3v) is 4.32. The molecule has 1 amide bonds. The van der Waals surface area contributed by atoms with Crippen molar-refractivity contribution in [3.8, 4) is 0 Å². The van der Waals surface area contributed by atoms with E-state index in [0.717, 1.165) is 29.7 Å². The average molecular weight is 331 g/mol. The molecule has 0 bridgehead atoms. The molecular formula is C19H23ClN2O. The van der Waals surface area contributed by atoms with Gasteiger partial charge in [0, 0.05) is 18.2 Å².